The van der Waals surface area contributed by atoms with Gasteiger partial charge in [0.05, 0.1) is 10.6 Å². The Morgan fingerprint density at radius 2 is 1.82 bits per heavy atom. The van der Waals surface area contributed by atoms with E-state index in [1.807, 2.05) is 24.3 Å². The fourth-order valence-electron chi connectivity index (χ4n) is 6.26. The third-order valence-electron chi connectivity index (χ3n) is 8.61. The molecule has 2 aliphatic heterocycles. The Morgan fingerprint density at radius 1 is 1.13 bits per heavy atom. The molecule has 1 aromatic heterocycles. The van der Waals surface area contributed by atoms with Crippen LogP contribution in [0, 0.1) is 5.92 Å². The van der Waals surface area contributed by atoms with Crippen LogP contribution >= 0.6 is 11.6 Å². The van der Waals surface area contributed by atoms with E-state index >= 15 is 0 Å². The maximum absolute atomic E-state index is 14.3. The number of carbonyl (C=O) groups excluding carboxylic acids is 3. The van der Waals surface area contributed by atoms with Gasteiger partial charge in [0.2, 0.25) is 5.91 Å². The number of rotatable bonds is 6. The summed E-state index contributed by atoms with van der Waals surface area (Å²) in [5.41, 5.74) is -1.68. The minimum Gasteiger partial charge on any atom is -0.349 e. The molecule has 2 aromatic rings. The highest BCUT2D eigenvalue weighted by molar-refractivity contribution is 6.30. The maximum Gasteiger partial charge on any atom is 0.281 e. The first-order chi connectivity index (χ1) is 18.6. The van der Waals surface area contributed by atoms with Crippen LogP contribution in [0.5, 0.6) is 0 Å². The molecule has 1 N–H and O–H groups in total. The average molecular weight is 561 g/mol. The fraction of sp³-hybridized carbons (Fsp3) is 0.500. The number of hydrogen-bond acceptors (Lipinski definition) is 4. The smallest absolute Gasteiger partial charge is 0.281 e. The van der Waals surface area contributed by atoms with E-state index in [0.29, 0.717) is 19.4 Å². The summed E-state index contributed by atoms with van der Waals surface area (Å²) in [5, 5.41) is 2.95. The van der Waals surface area contributed by atoms with Gasteiger partial charge in [-0.2, -0.15) is 0 Å². The molecule has 0 radical (unpaired) electrons. The van der Waals surface area contributed by atoms with Crippen LogP contribution in [0.3, 0.4) is 0 Å². The molecule has 6 rings (SSSR count). The van der Waals surface area contributed by atoms with Crippen molar-refractivity contribution in [2.24, 2.45) is 5.92 Å². The number of aromatic nitrogens is 1. The normalized spacial score (nSPS) is 24.5. The van der Waals surface area contributed by atoms with Gasteiger partial charge in [0.25, 0.3) is 18.2 Å². The number of alkyl halides is 3. The lowest BCUT2D eigenvalue weighted by Crippen LogP contribution is -2.66. The van der Waals surface area contributed by atoms with Crippen LogP contribution in [0.25, 0.3) is 0 Å². The number of carbonyl (C=O) groups is 3. The number of likely N-dealkylation sites (tertiary alicyclic amines) is 1. The quantitative estimate of drug-likeness (QED) is 0.560. The van der Waals surface area contributed by atoms with Gasteiger partial charge < -0.3 is 15.1 Å². The summed E-state index contributed by atoms with van der Waals surface area (Å²) in [6.45, 7) is 0.899. The molecule has 11 heteroatoms. The molecule has 0 atom stereocenters. The van der Waals surface area contributed by atoms with E-state index in [1.165, 1.54) is 11.0 Å². The number of para-hydroxylation sites is 1. The van der Waals surface area contributed by atoms with Crippen molar-refractivity contribution in [1.82, 2.24) is 15.2 Å². The summed E-state index contributed by atoms with van der Waals surface area (Å²) < 4.78 is 41.0. The number of nitrogens with zero attached hydrogens (tertiary/aromatic N) is 3. The van der Waals surface area contributed by atoms with E-state index in [4.69, 9.17) is 11.6 Å². The van der Waals surface area contributed by atoms with Gasteiger partial charge in [0, 0.05) is 37.6 Å². The first-order valence-corrected chi connectivity index (χ1v) is 13.6. The molecule has 206 valence electrons. The fourth-order valence-corrected chi connectivity index (χ4v) is 6.41. The van der Waals surface area contributed by atoms with E-state index in [-0.39, 0.29) is 54.4 Å². The molecule has 0 unspecified atom stereocenters. The van der Waals surface area contributed by atoms with Crippen LogP contribution in [0.4, 0.5) is 18.9 Å². The van der Waals surface area contributed by atoms with Gasteiger partial charge in [0.15, 0.2) is 5.67 Å². The summed E-state index contributed by atoms with van der Waals surface area (Å²) in [6.07, 6.45) is 1.47. The van der Waals surface area contributed by atoms with Gasteiger partial charge in [-0.05, 0) is 62.1 Å². The molecule has 7 nitrogen and oxygen atoms in total. The monoisotopic (exact) mass is 560 g/mol. The van der Waals surface area contributed by atoms with Crippen LogP contribution in [0.2, 0.25) is 5.02 Å². The van der Waals surface area contributed by atoms with E-state index in [0.717, 1.165) is 30.3 Å². The van der Waals surface area contributed by atoms with E-state index in [1.54, 1.807) is 4.90 Å². The summed E-state index contributed by atoms with van der Waals surface area (Å²) in [6, 6.07) is 8.61. The van der Waals surface area contributed by atoms with Crippen LogP contribution in [-0.4, -0.2) is 59.0 Å². The number of amides is 3. The zero-order valence-corrected chi connectivity index (χ0v) is 21.9. The Hall–Kier alpha value is -3.14. The molecule has 1 spiro atoms. The number of fused-ring (bicyclic) bond motifs is 2. The van der Waals surface area contributed by atoms with Gasteiger partial charge in [0.1, 0.15) is 11.1 Å². The van der Waals surface area contributed by atoms with Gasteiger partial charge >= 0.3 is 0 Å². The summed E-state index contributed by atoms with van der Waals surface area (Å²) in [5.74, 6) is -1.00. The standard InChI is InChI=1S/C28H28ClF3N4O3/c29-17-11-19(22(23(30)31)33-12-17)24(37)34-18-7-5-16(6-8-18)13-36-21-4-2-1-3-20(21)27(25(36)38)14-35(15-27)26(39)28(32)9-10-28/h1-4,11-12,16,18,23H,5-10,13-15H2,(H,34,37). The SMILES string of the molecule is O=C(NC1CCC(CN2C(=O)C3(CN(C(=O)C4(F)CC4)C3)c3ccccc32)CC1)c1cc(Cl)cnc1C(F)F. The molecule has 2 saturated carbocycles. The molecule has 39 heavy (non-hydrogen) atoms. The van der Waals surface area contributed by atoms with Crippen molar-refractivity contribution in [3.63, 3.8) is 0 Å². The van der Waals surface area contributed by atoms with Crippen molar-refractivity contribution in [2.75, 3.05) is 24.5 Å². The number of pyridine rings is 1. The third kappa shape index (κ3) is 4.46. The van der Waals surface area contributed by atoms with Crippen LogP contribution in [0.15, 0.2) is 36.5 Å². The van der Waals surface area contributed by atoms with Crippen LogP contribution in [0.1, 0.15) is 66.6 Å². The number of anilines is 1. The predicted molar refractivity (Wildman–Crippen MR) is 138 cm³/mol. The minimum absolute atomic E-state index is 0.0557. The Bertz CT molecular complexity index is 1340. The zero-order valence-electron chi connectivity index (χ0n) is 21.1. The molecule has 2 aliphatic carbocycles. The van der Waals surface area contributed by atoms with Crippen molar-refractivity contribution in [1.29, 1.82) is 0 Å². The Balaban J connectivity index is 1.08. The summed E-state index contributed by atoms with van der Waals surface area (Å²) in [4.78, 5) is 45.8. The first kappa shape index (κ1) is 26.1. The third-order valence-corrected chi connectivity index (χ3v) is 8.81. The summed E-state index contributed by atoms with van der Waals surface area (Å²) >= 11 is 5.88. The molecular weight excluding hydrogens is 533 g/mol. The van der Waals surface area contributed by atoms with Crippen molar-refractivity contribution in [3.05, 3.63) is 58.4 Å². The Kier molecular flexibility index (Phi) is 6.36. The Morgan fingerprint density at radius 3 is 2.49 bits per heavy atom. The number of benzene rings is 1. The Labute approximate surface area is 228 Å². The van der Waals surface area contributed by atoms with E-state index in [2.05, 4.69) is 10.3 Å². The second-order valence-electron chi connectivity index (χ2n) is 11.2. The van der Waals surface area contributed by atoms with Gasteiger partial charge in [-0.3, -0.25) is 19.4 Å². The highest BCUT2D eigenvalue weighted by Gasteiger charge is 2.63. The summed E-state index contributed by atoms with van der Waals surface area (Å²) in [7, 11) is 0. The number of halogens is 4. The van der Waals surface area contributed by atoms with Crippen molar-refractivity contribution in [2.45, 2.75) is 62.1 Å². The molecule has 1 aromatic carbocycles. The number of nitrogens with one attached hydrogen (secondary N) is 1. The first-order valence-electron chi connectivity index (χ1n) is 13.3. The predicted octanol–water partition coefficient (Wildman–Crippen LogP) is 4.59. The largest absolute Gasteiger partial charge is 0.349 e. The van der Waals surface area contributed by atoms with Crippen molar-refractivity contribution in [3.8, 4) is 0 Å². The lowest BCUT2D eigenvalue weighted by atomic mass is 9.74. The van der Waals surface area contributed by atoms with Gasteiger partial charge in [-0.15, -0.1) is 0 Å². The van der Waals surface area contributed by atoms with Crippen LogP contribution in [-0.2, 0) is 15.0 Å². The second kappa shape index (κ2) is 9.50. The van der Waals surface area contributed by atoms with E-state index < -0.39 is 35.0 Å². The van der Waals surface area contributed by atoms with Gasteiger partial charge in [-0.25, -0.2) is 13.2 Å². The van der Waals surface area contributed by atoms with Crippen molar-refractivity contribution >= 4 is 35.0 Å². The molecule has 1 saturated heterocycles. The minimum atomic E-state index is -2.89. The molecule has 0 bridgehead atoms. The maximum atomic E-state index is 14.3. The average Bonchev–Trinajstić information content (AvgIpc) is 3.60. The molecule has 3 heterocycles. The lowest BCUT2D eigenvalue weighted by Gasteiger charge is -2.47. The second-order valence-corrected chi connectivity index (χ2v) is 11.7. The highest BCUT2D eigenvalue weighted by atomic mass is 35.5. The number of hydrogen-bond donors (Lipinski definition) is 1. The molecule has 3 amide bonds. The molecule has 4 aliphatic rings. The zero-order chi connectivity index (χ0) is 27.5. The van der Waals surface area contributed by atoms with Gasteiger partial charge in [-0.1, -0.05) is 29.8 Å². The highest BCUT2D eigenvalue weighted by Crippen LogP contribution is 2.50. The van der Waals surface area contributed by atoms with Crippen molar-refractivity contribution < 1.29 is 27.6 Å². The lowest BCUT2D eigenvalue weighted by molar-refractivity contribution is -0.149. The molecular formula is C28H28ClF3N4O3. The van der Waals surface area contributed by atoms with E-state index in [9.17, 15) is 27.6 Å². The molecule has 3 fully saturated rings. The van der Waals surface area contributed by atoms with Crippen LogP contribution < -0.4 is 10.2 Å². The topological polar surface area (TPSA) is 82.6 Å².